The zero-order valence-electron chi connectivity index (χ0n) is 15.5. The Hall–Kier alpha value is -1.75. The molecule has 1 saturated heterocycles. The second kappa shape index (κ2) is 6.87. The van der Waals surface area contributed by atoms with Gasteiger partial charge in [-0.15, -0.1) is 0 Å². The number of carbonyl (C=O) groups excluding carboxylic acids is 1. The van der Waals surface area contributed by atoms with E-state index < -0.39 is 11.2 Å². The minimum atomic E-state index is -0.926. The lowest BCUT2D eigenvalue weighted by Crippen LogP contribution is -2.54. The summed E-state index contributed by atoms with van der Waals surface area (Å²) in [7, 11) is 0. The molecular formula is C20H30N2O3. The number of nitrogens with one attached hydrogen (secondary N) is 1. The van der Waals surface area contributed by atoms with Crippen molar-refractivity contribution in [3.05, 3.63) is 29.8 Å². The normalized spacial score (nSPS) is 24.1. The Balaban J connectivity index is 1.54. The van der Waals surface area contributed by atoms with Gasteiger partial charge in [0.2, 0.25) is 0 Å². The maximum Gasteiger partial charge on any atom is 0.410 e. The minimum Gasteiger partial charge on any atom is -0.444 e. The van der Waals surface area contributed by atoms with Crippen LogP contribution in [0.15, 0.2) is 24.3 Å². The fourth-order valence-electron chi connectivity index (χ4n) is 3.30. The zero-order valence-corrected chi connectivity index (χ0v) is 15.5. The molecule has 25 heavy (non-hydrogen) atoms. The Morgan fingerprint density at radius 3 is 2.60 bits per heavy atom. The lowest BCUT2D eigenvalue weighted by atomic mass is 9.93. The molecule has 1 aliphatic carbocycles. The summed E-state index contributed by atoms with van der Waals surface area (Å²) in [4.78, 5) is 13.9. The van der Waals surface area contributed by atoms with Crippen molar-refractivity contribution in [3.8, 4) is 0 Å². The first-order chi connectivity index (χ1) is 11.7. The van der Waals surface area contributed by atoms with Gasteiger partial charge in [0, 0.05) is 18.8 Å². The van der Waals surface area contributed by atoms with E-state index in [-0.39, 0.29) is 6.09 Å². The predicted molar refractivity (Wildman–Crippen MR) is 98.9 cm³/mol. The van der Waals surface area contributed by atoms with E-state index in [9.17, 15) is 9.90 Å². The lowest BCUT2D eigenvalue weighted by Gasteiger charge is -2.39. The van der Waals surface area contributed by atoms with E-state index in [4.69, 9.17) is 4.74 Å². The number of benzene rings is 1. The largest absolute Gasteiger partial charge is 0.444 e. The Labute approximate surface area is 150 Å². The average Bonchev–Trinajstić information content (AvgIpc) is 3.37. The molecule has 138 valence electrons. The molecular weight excluding hydrogens is 316 g/mol. The fourth-order valence-corrected chi connectivity index (χ4v) is 3.30. The SMILES string of the molecule is CC(C)(C)OC(=O)N1CCCC(O)(CNc2ccc(C3CC3)cc2)C1. The third-order valence-corrected chi connectivity index (χ3v) is 4.79. The van der Waals surface area contributed by atoms with Gasteiger partial charge in [-0.05, 0) is 70.1 Å². The first-order valence-electron chi connectivity index (χ1n) is 9.28. The van der Waals surface area contributed by atoms with E-state index >= 15 is 0 Å². The summed E-state index contributed by atoms with van der Waals surface area (Å²) in [6.45, 7) is 6.92. The first-order valence-corrected chi connectivity index (χ1v) is 9.28. The quantitative estimate of drug-likeness (QED) is 0.872. The molecule has 1 heterocycles. The summed E-state index contributed by atoms with van der Waals surface area (Å²) in [6.07, 6.45) is 3.71. The average molecular weight is 346 g/mol. The lowest BCUT2D eigenvalue weighted by molar-refractivity contribution is -0.0355. The van der Waals surface area contributed by atoms with Crippen molar-refractivity contribution in [1.29, 1.82) is 0 Å². The van der Waals surface area contributed by atoms with Gasteiger partial charge in [0.1, 0.15) is 5.60 Å². The van der Waals surface area contributed by atoms with E-state index in [0.29, 0.717) is 26.1 Å². The Kier molecular flexibility index (Phi) is 4.96. The summed E-state index contributed by atoms with van der Waals surface area (Å²) in [5.41, 5.74) is 0.962. The van der Waals surface area contributed by atoms with Crippen LogP contribution in [-0.4, -0.2) is 46.9 Å². The van der Waals surface area contributed by atoms with E-state index in [1.54, 1.807) is 4.90 Å². The molecule has 1 saturated carbocycles. The number of hydrogen-bond acceptors (Lipinski definition) is 4. The number of nitrogens with zero attached hydrogens (tertiary/aromatic N) is 1. The van der Waals surface area contributed by atoms with Crippen LogP contribution in [0.1, 0.15) is 57.9 Å². The van der Waals surface area contributed by atoms with Crippen LogP contribution in [0.3, 0.4) is 0 Å². The first kappa shape index (κ1) is 18.1. The summed E-state index contributed by atoms with van der Waals surface area (Å²) in [5.74, 6) is 0.749. The molecule has 0 aromatic heterocycles. The topological polar surface area (TPSA) is 61.8 Å². The van der Waals surface area contributed by atoms with Crippen LogP contribution >= 0.6 is 0 Å². The second-order valence-corrected chi connectivity index (χ2v) is 8.48. The number of aliphatic hydroxyl groups is 1. The zero-order chi connectivity index (χ0) is 18.1. The summed E-state index contributed by atoms with van der Waals surface area (Å²) >= 11 is 0. The molecule has 5 heteroatoms. The molecule has 2 N–H and O–H groups in total. The third-order valence-electron chi connectivity index (χ3n) is 4.79. The molecule has 3 rings (SSSR count). The van der Waals surface area contributed by atoms with Crippen molar-refractivity contribution >= 4 is 11.8 Å². The van der Waals surface area contributed by atoms with Gasteiger partial charge in [-0.25, -0.2) is 4.79 Å². The van der Waals surface area contributed by atoms with Crippen LogP contribution in [0.5, 0.6) is 0 Å². The number of likely N-dealkylation sites (tertiary alicyclic amines) is 1. The smallest absolute Gasteiger partial charge is 0.410 e. The Morgan fingerprint density at radius 2 is 2.00 bits per heavy atom. The molecule has 2 aliphatic rings. The van der Waals surface area contributed by atoms with Crippen LogP contribution < -0.4 is 5.32 Å². The number of amides is 1. The maximum absolute atomic E-state index is 12.3. The Morgan fingerprint density at radius 1 is 1.32 bits per heavy atom. The Bertz CT molecular complexity index is 604. The minimum absolute atomic E-state index is 0.301. The highest BCUT2D eigenvalue weighted by atomic mass is 16.6. The van der Waals surface area contributed by atoms with Crippen molar-refractivity contribution in [1.82, 2.24) is 4.90 Å². The number of rotatable bonds is 4. The number of β-amino-alcohol motifs (C(OH)–C–C–N with tert-alkyl or cyclic N) is 1. The van der Waals surface area contributed by atoms with E-state index in [1.165, 1.54) is 18.4 Å². The van der Waals surface area contributed by atoms with E-state index in [0.717, 1.165) is 18.0 Å². The molecule has 0 spiro atoms. The van der Waals surface area contributed by atoms with Crippen LogP contribution in [0.25, 0.3) is 0 Å². The monoisotopic (exact) mass is 346 g/mol. The molecule has 1 atom stereocenters. The van der Waals surface area contributed by atoms with Crippen molar-refractivity contribution in [2.45, 2.75) is 63.6 Å². The van der Waals surface area contributed by atoms with Crippen molar-refractivity contribution in [3.63, 3.8) is 0 Å². The molecule has 1 aromatic rings. The van der Waals surface area contributed by atoms with Gasteiger partial charge in [-0.3, -0.25) is 0 Å². The van der Waals surface area contributed by atoms with Gasteiger partial charge in [-0.2, -0.15) is 0 Å². The second-order valence-electron chi connectivity index (χ2n) is 8.48. The molecule has 5 nitrogen and oxygen atoms in total. The molecule has 1 aliphatic heterocycles. The summed E-state index contributed by atoms with van der Waals surface area (Å²) in [6, 6.07) is 8.48. The van der Waals surface area contributed by atoms with Gasteiger partial charge < -0.3 is 20.1 Å². The van der Waals surface area contributed by atoms with Crippen molar-refractivity contribution in [2.75, 3.05) is 25.0 Å². The predicted octanol–water partition coefficient (Wildman–Crippen LogP) is 3.74. The number of hydrogen-bond donors (Lipinski definition) is 2. The number of ether oxygens (including phenoxy) is 1. The van der Waals surface area contributed by atoms with E-state index in [2.05, 4.69) is 29.6 Å². The number of anilines is 1. The van der Waals surface area contributed by atoms with Gasteiger partial charge >= 0.3 is 6.09 Å². The number of piperidine rings is 1. The standard InChI is InChI=1S/C20H30N2O3/c1-19(2,3)25-18(23)22-12-4-11-20(24,14-22)13-21-17-9-7-16(8-10-17)15-5-6-15/h7-10,15,21,24H,4-6,11-14H2,1-3H3. The summed E-state index contributed by atoms with van der Waals surface area (Å²) in [5, 5.41) is 14.2. The van der Waals surface area contributed by atoms with E-state index in [1.807, 2.05) is 20.8 Å². The molecule has 0 radical (unpaired) electrons. The van der Waals surface area contributed by atoms with Crippen LogP contribution in [0.2, 0.25) is 0 Å². The molecule has 2 fully saturated rings. The maximum atomic E-state index is 12.3. The highest BCUT2D eigenvalue weighted by molar-refractivity contribution is 5.68. The van der Waals surface area contributed by atoms with Gasteiger partial charge in [-0.1, -0.05) is 12.1 Å². The highest BCUT2D eigenvalue weighted by Gasteiger charge is 2.36. The molecule has 1 aromatic carbocycles. The van der Waals surface area contributed by atoms with Crippen LogP contribution in [-0.2, 0) is 4.74 Å². The molecule has 1 amide bonds. The molecule has 0 bridgehead atoms. The van der Waals surface area contributed by atoms with Gasteiger partial charge in [0.15, 0.2) is 0 Å². The van der Waals surface area contributed by atoms with Crippen molar-refractivity contribution < 1.29 is 14.6 Å². The fraction of sp³-hybridized carbons (Fsp3) is 0.650. The van der Waals surface area contributed by atoms with Crippen molar-refractivity contribution in [2.24, 2.45) is 0 Å². The van der Waals surface area contributed by atoms with Crippen LogP contribution in [0, 0.1) is 0 Å². The number of carbonyl (C=O) groups is 1. The van der Waals surface area contributed by atoms with Gasteiger partial charge in [0.05, 0.1) is 12.1 Å². The van der Waals surface area contributed by atoms with Crippen LogP contribution in [0.4, 0.5) is 10.5 Å². The third kappa shape index (κ3) is 5.11. The summed E-state index contributed by atoms with van der Waals surface area (Å²) < 4.78 is 5.43. The molecule has 1 unspecified atom stereocenters. The highest BCUT2D eigenvalue weighted by Crippen LogP contribution is 2.40. The van der Waals surface area contributed by atoms with Gasteiger partial charge in [0.25, 0.3) is 0 Å².